The van der Waals surface area contributed by atoms with Gasteiger partial charge in [0.15, 0.2) is 8.29 Å². The SMILES string of the molecule is S=c1sc(SCc2ccccc2)nn1-c1ccc(-c2nc(-c3cccc(OCc4cccnc4)c3)no2)cc1. The third kappa shape index (κ3) is 6.14. The Kier molecular flexibility index (Phi) is 7.57. The lowest BCUT2D eigenvalue weighted by Crippen LogP contribution is -1.96. The van der Waals surface area contributed by atoms with Crippen molar-refractivity contribution in [3.63, 3.8) is 0 Å². The van der Waals surface area contributed by atoms with Crippen LogP contribution in [0.4, 0.5) is 0 Å². The molecule has 0 atom stereocenters. The summed E-state index contributed by atoms with van der Waals surface area (Å²) in [7, 11) is 0. The highest BCUT2D eigenvalue weighted by Gasteiger charge is 2.13. The lowest BCUT2D eigenvalue weighted by molar-refractivity contribution is 0.306. The van der Waals surface area contributed by atoms with E-state index >= 15 is 0 Å². The Morgan fingerprint density at radius 2 is 1.74 bits per heavy atom. The van der Waals surface area contributed by atoms with Crippen molar-refractivity contribution in [3.05, 3.63) is 118 Å². The lowest BCUT2D eigenvalue weighted by atomic mass is 10.2. The normalized spacial score (nSPS) is 11.0. The number of hydrogen-bond acceptors (Lipinski definition) is 9. The van der Waals surface area contributed by atoms with Gasteiger partial charge in [-0.1, -0.05) is 76.8 Å². The summed E-state index contributed by atoms with van der Waals surface area (Å²) in [5.74, 6) is 2.48. The molecule has 0 unspecified atom stereocenters. The fourth-order valence-electron chi connectivity index (χ4n) is 3.78. The van der Waals surface area contributed by atoms with E-state index < -0.39 is 0 Å². The first kappa shape index (κ1) is 25.2. The Morgan fingerprint density at radius 1 is 0.897 bits per heavy atom. The minimum absolute atomic E-state index is 0.428. The molecule has 0 saturated heterocycles. The molecule has 0 saturated carbocycles. The summed E-state index contributed by atoms with van der Waals surface area (Å²) in [5.41, 5.74) is 4.74. The smallest absolute Gasteiger partial charge is 0.258 e. The molecule has 0 N–H and O–H groups in total. The van der Waals surface area contributed by atoms with Gasteiger partial charge in [-0.2, -0.15) is 4.98 Å². The number of rotatable bonds is 9. The van der Waals surface area contributed by atoms with E-state index in [0.29, 0.717) is 28.0 Å². The number of benzene rings is 3. The second-order valence-corrected chi connectivity index (χ2v) is 11.3. The van der Waals surface area contributed by atoms with E-state index in [0.717, 1.165) is 32.5 Å². The molecule has 3 heterocycles. The Morgan fingerprint density at radius 3 is 2.56 bits per heavy atom. The number of thioether (sulfide) groups is 1. The zero-order valence-corrected chi connectivity index (χ0v) is 23.0. The highest BCUT2D eigenvalue weighted by molar-refractivity contribution is 8.00. The summed E-state index contributed by atoms with van der Waals surface area (Å²) in [6, 6.07) is 29.6. The van der Waals surface area contributed by atoms with E-state index in [2.05, 4.69) is 27.3 Å². The van der Waals surface area contributed by atoms with Crippen LogP contribution in [0.1, 0.15) is 11.1 Å². The molecule has 6 rings (SSSR count). The molecule has 0 fully saturated rings. The number of aromatic nitrogens is 5. The zero-order valence-electron chi connectivity index (χ0n) is 20.5. The van der Waals surface area contributed by atoms with E-state index in [1.807, 2.05) is 78.9 Å². The molecule has 0 bridgehead atoms. The predicted octanol–water partition coefficient (Wildman–Crippen LogP) is 7.65. The largest absolute Gasteiger partial charge is 0.489 e. The highest BCUT2D eigenvalue weighted by Crippen LogP contribution is 2.29. The third-order valence-corrected chi connectivity index (χ3v) is 8.18. The Labute approximate surface area is 238 Å². The van der Waals surface area contributed by atoms with Crippen molar-refractivity contribution in [2.75, 3.05) is 0 Å². The lowest BCUT2D eigenvalue weighted by Gasteiger charge is -2.06. The van der Waals surface area contributed by atoms with Crippen LogP contribution in [0.15, 0.2) is 112 Å². The van der Waals surface area contributed by atoms with E-state index in [4.69, 9.17) is 26.6 Å². The van der Waals surface area contributed by atoms with Crippen molar-refractivity contribution < 1.29 is 9.26 Å². The second-order valence-electron chi connectivity index (χ2n) is 8.47. The van der Waals surface area contributed by atoms with Crippen molar-refractivity contribution in [2.24, 2.45) is 0 Å². The molecule has 0 amide bonds. The average Bonchev–Trinajstić information content (AvgIpc) is 3.64. The van der Waals surface area contributed by atoms with Gasteiger partial charge in [0.2, 0.25) is 5.82 Å². The van der Waals surface area contributed by atoms with Crippen LogP contribution in [0.3, 0.4) is 0 Å². The number of ether oxygens (including phenoxy) is 1. The quantitative estimate of drug-likeness (QED) is 0.130. The van der Waals surface area contributed by atoms with E-state index in [1.165, 1.54) is 16.9 Å². The first-order valence-electron chi connectivity index (χ1n) is 12.0. The number of pyridine rings is 1. The van der Waals surface area contributed by atoms with Gasteiger partial charge in [-0.3, -0.25) is 4.98 Å². The molecule has 0 aliphatic heterocycles. The van der Waals surface area contributed by atoms with Crippen LogP contribution in [0.5, 0.6) is 5.75 Å². The minimum atomic E-state index is 0.428. The second kappa shape index (κ2) is 11.7. The van der Waals surface area contributed by atoms with Crippen LogP contribution < -0.4 is 4.74 Å². The van der Waals surface area contributed by atoms with Crippen molar-refractivity contribution in [1.82, 2.24) is 24.9 Å². The molecule has 3 aromatic carbocycles. The monoisotopic (exact) mass is 567 g/mol. The number of nitrogens with zero attached hydrogens (tertiary/aromatic N) is 5. The van der Waals surface area contributed by atoms with Crippen LogP contribution in [-0.4, -0.2) is 24.9 Å². The Hall–Kier alpha value is -4.12. The number of hydrogen-bond donors (Lipinski definition) is 0. The van der Waals surface area contributed by atoms with Crippen molar-refractivity contribution in [3.8, 4) is 34.3 Å². The first-order chi connectivity index (χ1) is 19.2. The van der Waals surface area contributed by atoms with Gasteiger partial charge < -0.3 is 9.26 Å². The fourth-order valence-corrected chi connectivity index (χ4v) is 6.10. The molecule has 0 aliphatic carbocycles. The van der Waals surface area contributed by atoms with Crippen LogP contribution in [-0.2, 0) is 12.4 Å². The molecule has 192 valence electrons. The molecule has 0 radical (unpaired) electrons. The predicted molar refractivity (Wildman–Crippen MR) is 156 cm³/mol. The molecule has 6 aromatic rings. The standard InChI is InChI=1S/C29H21N5O2S3/c37-29-34(32-28(39-29)38-19-20-6-2-1-3-7-20)24-13-11-22(12-14-24)27-31-26(33-36-27)23-9-4-10-25(16-23)35-18-21-8-5-15-30-17-21/h1-17H,18-19H2. The summed E-state index contributed by atoms with van der Waals surface area (Å²) in [4.78, 5) is 8.72. The van der Waals surface area contributed by atoms with Crippen LogP contribution >= 0.6 is 35.3 Å². The maximum absolute atomic E-state index is 5.91. The maximum atomic E-state index is 5.91. The molecule has 0 spiro atoms. The third-order valence-electron chi connectivity index (χ3n) is 5.74. The van der Waals surface area contributed by atoms with E-state index in [-0.39, 0.29) is 0 Å². The van der Waals surface area contributed by atoms with Crippen molar-refractivity contribution in [2.45, 2.75) is 16.7 Å². The first-order valence-corrected chi connectivity index (χ1v) is 14.3. The van der Waals surface area contributed by atoms with Gasteiger partial charge in [0.25, 0.3) is 5.89 Å². The summed E-state index contributed by atoms with van der Waals surface area (Å²) in [5, 5.41) is 8.89. The van der Waals surface area contributed by atoms with Gasteiger partial charge in [-0.05, 0) is 60.2 Å². The maximum Gasteiger partial charge on any atom is 0.258 e. The van der Waals surface area contributed by atoms with E-state index in [1.54, 1.807) is 28.8 Å². The average molecular weight is 568 g/mol. The van der Waals surface area contributed by atoms with Gasteiger partial charge in [0, 0.05) is 34.8 Å². The molecule has 3 aromatic heterocycles. The van der Waals surface area contributed by atoms with Gasteiger partial charge in [-0.15, -0.1) is 5.10 Å². The Balaban J connectivity index is 1.14. The van der Waals surface area contributed by atoms with Gasteiger partial charge >= 0.3 is 0 Å². The molecule has 39 heavy (non-hydrogen) atoms. The summed E-state index contributed by atoms with van der Waals surface area (Å²) >= 11 is 8.77. The van der Waals surface area contributed by atoms with Crippen LogP contribution in [0.2, 0.25) is 0 Å². The van der Waals surface area contributed by atoms with E-state index in [9.17, 15) is 0 Å². The van der Waals surface area contributed by atoms with Crippen LogP contribution in [0, 0.1) is 3.95 Å². The molecule has 7 nitrogen and oxygen atoms in total. The molecular formula is C29H21N5O2S3. The summed E-state index contributed by atoms with van der Waals surface area (Å²) in [6.45, 7) is 0.428. The summed E-state index contributed by atoms with van der Waals surface area (Å²) in [6.07, 6.45) is 3.52. The van der Waals surface area contributed by atoms with Gasteiger partial charge in [0.1, 0.15) is 12.4 Å². The van der Waals surface area contributed by atoms with Crippen molar-refractivity contribution >= 4 is 35.3 Å². The van der Waals surface area contributed by atoms with Gasteiger partial charge in [0.05, 0.1) is 5.69 Å². The fraction of sp³-hybridized carbons (Fsp3) is 0.0690. The highest BCUT2D eigenvalue weighted by atomic mass is 32.2. The zero-order chi connectivity index (χ0) is 26.4. The molecule has 0 aliphatic rings. The topological polar surface area (TPSA) is 78.9 Å². The minimum Gasteiger partial charge on any atom is -0.489 e. The van der Waals surface area contributed by atoms with Crippen LogP contribution in [0.25, 0.3) is 28.5 Å². The van der Waals surface area contributed by atoms with Crippen molar-refractivity contribution in [1.29, 1.82) is 0 Å². The molecule has 10 heteroatoms. The Bertz CT molecular complexity index is 1730. The summed E-state index contributed by atoms with van der Waals surface area (Å²) < 4.78 is 14.9. The van der Waals surface area contributed by atoms with Gasteiger partial charge in [-0.25, -0.2) is 4.68 Å². The molecular weight excluding hydrogens is 547 g/mol.